The zero-order chi connectivity index (χ0) is 7.82. The molecule has 11 heavy (non-hydrogen) atoms. The molecule has 4 nitrogen and oxygen atoms in total. The summed E-state index contributed by atoms with van der Waals surface area (Å²) < 4.78 is 4.79. The van der Waals surface area contributed by atoms with Gasteiger partial charge in [0.05, 0.1) is 13.2 Å². The van der Waals surface area contributed by atoms with Crippen LogP contribution in [0.25, 0.3) is 0 Å². The first-order valence-electron chi connectivity index (χ1n) is 3.16. The molecule has 0 aromatic heterocycles. The van der Waals surface area contributed by atoms with Gasteiger partial charge in [-0.25, -0.2) is 0 Å². The number of carboxylic acids is 1. The fourth-order valence-corrected chi connectivity index (χ4v) is 0.485. The van der Waals surface area contributed by atoms with E-state index in [9.17, 15) is 9.90 Å². The molecule has 0 heterocycles. The van der Waals surface area contributed by atoms with E-state index in [1.807, 2.05) is 0 Å². The van der Waals surface area contributed by atoms with Crippen LogP contribution >= 0.6 is 0 Å². The van der Waals surface area contributed by atoms with E-state index in [2.05, 4.69) is 0 Å². The van der Waals surface area contributed by atoms with Crippen molar-refractivity contribution in [2.75, 3.05) is 19.8 Å². The van der Waals surface area contributed by atoms with E-state index in [0.717, 1.165) is 0 Å². The standard InChI is InChI=1S/C6H12O4.Na/c7-3-5-10-4-1-2-6(8)9;/h7H,1-5H2,(H,8,9);/q;+1/p-1. The van der Waals surface area contributed by atoms with Crippen molar-refractivity contribution < 1.29 is 49.3 Å². The monoisotopic (exact) mass is 170 g/mol. The molecule has 0 amide bonds. The summed E-state index contributed by atoms with van der Waals surface area (Å²) in [6.07, 6.45) is 0.466. The molecule has 0 saturated heterocycles. The number of carbonyl (C=O) groups is 1. The summed E-state index contributed by atoms with van der Waals surface area (Å²) >= 11 is 0. The fourth-order valence-electron chi connectivity index (χ4n) is 0.485. The van der Waals surface area contributed by atoms with E-state index in [0.29, 0.717) is 13.0 Å². The Morgan fingerprint density at radius 2 is 2.09 bits per heavy atom. The summed E-state index contributed by atoms with van der Waals surface area (Å²) in [5.41, 5.74) is 0. The first-order chi connectivity index (χ1) is 4.77. The predicted octanol–water partition coefficient (Wildman–Crippen LogP) is -4.47. The SMILES string of the molecule is O=C([O-])CCCOCCO.[Na+]. The van der Waals surface area contributed by atoms with Crippen LogP contribution < -0.4 is 34.7 Å². The Balaban J connectivity index is 0. The molecule has 0 radical (unpaired) electrons. The molecule has 1 N–H and O–H groups in total. The van der Waals surface area contributed by atoms with Gasteiger partial charge in [0, 0.05) is 12.6 Å². The van der Waals surface area contributed by atoms with Gasteiger partial charge in [0.15, 0.2) is 0 Å². The molecule has 5 heteroatoms. The minimum atomic E-state index is -1.06. The summed E-state index contributed by atoms with van der Waals surface area (Å²) in [6, 6.07) is 0. The van der Waals surface area contributed by atoms with Crippen LogP contribution in [0.15, 0.2) is 0 Å². The summed E-state index contributed by atoms with van der Waals surface area (Å²) in [6.45, 7) is 0.618. The first-order valence-corrected chi connectivity index (χ1v) is 3.16. The maximum atomic E-state index is 9.82. The van der Waals surface area contributed by atoms with Crippen molar-refractivity contribution in [3.8, 4) is 0 Å². The van der Waals surface area contributed by atoms with Gasteiger partial charge in [0.1, 0.15) is 0 Å². The van der Waals surface area contributed by atoms with Crippen molar-refractivity contribution >= 4 is 5.97 Å². The van der Waals surface area contributed by atoms with Crippen LogP contribution in [0.4, 0.5) is 0 Å². The number of aliphatic hydroxyl groups is 1. The molecule has 0 spiro atoms. The Bertz CT molecular complexity index is 96.6. The second-order valence-electron chi connectivity index (χ2n) is 1.81. The second-order valence-corrected chi connectivity index (χ2v) is 1.81. The van der Waals surface area contributed by atoms with Crippen LogP contribution in [0.5, 0.6) is 0 Å². The van der Waals surface area contributed by atoms with Gasteiger partial charge in [0.25, 0.3) is 0 Å². The van der Waals surface area contributed by atoms with Crippen LogP contribution in [0, 0.1) is 0 Å². The van der Waals surface area contributed by atoms with E-state index >= 15 is 0 Å². The predicted molar refractivity (Wildman–Crippen MR) is 32.1 cm³/mol. The Morgan fingerprint density at radius 1 is 1.45 bits per heavy atom. The van der Waals surface area contributed by atoms with E-state index in [4.69, 9.17) is 9.84 Å². The number of aliphatic carboxylic acids is 1. The Kier molecular flexibility index (Phi) is 13.2. The number of hydrogen-bond donors (Lipinski definition) is 1. The van der Waals surface area contributed by atoms with Gasteiger partial charge < -0.3 is 19.7 Å². The maximum absolute atomic E-state index is 9.82. The average Bonchev–Trinajstić information content (AvgIpc) is 1.87. The third-order valence-electron chi connectivity index (χ3n) is 0.905. The molecular formula is C6H11NaO4. The average molecular weight is 170 g/mol. The number of rotatable bonds is 6. The Hall–Kier alpha value is 0.390. The molecule has 0 aliphatic heterocycles. The molecule has 0 bridgehead atoms. The van der Waals surface area contributed by atoms with Crippen LogP contribution in [-0.4, -0.2) is 30.9 Å². The largest absolute Gasteiger partial charge is 1.00 e. The van der Waals surface area contributed by atoms with Gasteiger partial charge in [-0.3, -0.25) is 0 Å². The van der Waals surface area contributed by atoms with E-state index in [-0.39, 0.29) is 49.2 Å². The number of hydrogen-bond acceptors (Lipinski definition) is 4. The van der Waals surface area contributed by atoms with Crippen LogP contribution in [0.2, 0.25) is 0 Å². The smallest absolute Gasteiger partial charge is 0.550 e. The van der Waals surface area contributed by atoms with Crippen molar-refractivity contribution in [1.82, 2.24) is 0 Å². The van der Waals surface area contributed by atoms with E-state index < -0.39 is 5.97 Å². The van der Waals surface area contributed by atoms with Crippen molar-refractivity contribution in [2.45, 2.75) is 12.8 Å². The minimum Gasteiger partial charge on any atom is -0.550 e. The number of carbonyl (C=O) groups excluding carboxylic acids is 1. The van der Waals surface area contributed by atoms with Crippen molar-refractivity contribution in [1.29, 1.82) is 0 Å². The third-order valence-corrected chi connectivity index (χ3v) is 0.905. The minimum absolute atomic E-state index is 0. The molecule has 0 rings (SSSR count). The van der Waals surface area contributed by atoms with E-state index in [1.54, 1.807) is 0 Å². The number of carboxylic acid groups (broad SMARTS) is 1. The van der Waals surface area contributed by atoms with Gasteiger partial charge in [-0.2, -0.15) is 0 Å². The second kappa shape index (κ2) is 10.4. The zero-order valence-electron chi connectivity index (χ0n) is 6.71. The fraction of sp³-hybridized carbons (Fsp3) is 0.833. The molecule has 0 fully saturated rings. The van der Waals surface area contributed by atoms with Gasteiger partial charge in [0.2, 0.25) is 0 Å². The molecule has 0 unspecified atom stereocenters. The molecule has 0 aromatic carbocycles. The maximum Gasteiger partial charge on any atom is 1.00 e. The quantitative estimate of drug-likeness (QED) is 0.322. The van der Waals surface area contributed by atoms with Crippen molar-refractivity contribution in [2.24, 2.45) is 0 Å². The topological polar surface area (TPSA) is 69.6 Å². The van der Waals surface area contributed by atoms with Gasteiger partial charge in [-0.05, 0) is 12.8 Å². The first kappa shape index (κ1) is 13.9. The molecule has 0 atom stereocenters. The molecule has 60 valence electrons. The Labute approximate surface area is 87.8 Å². The van der Waals surface area contributed by atoms with Gasteiger partial charge in [-0.15, -0.1) is 0 Å². The Morgan fingerprint density at radius 3 is 2.55 bits per heavy atom. The van der Waals surface area contributed by atoms with Crippen LogP contribution in [-0.2, 0) is 9.53 Å². The van der Waals surface area contributed by atoms with Crippen LogP contribution in [0.3, 0.4) is 0 Å². The molecule has 0 aliphatic rings. The molecule has 0 saturated carbocycles. The third kappa shape index (κ3) is 13.4. The number of aliphatic hydroxyl groups excluding tert-OH is 1. The van der Waals surface area contributed by atoms with Crippen molar-refractivity contribution in [3.05, 3.63) is 0 Å². The molecular weight excluding hydrogens is 159 g/mol. The van der Waals surface area contributed by atoms with E-state index in [1.165, 1.54) is 0 Å². The molecule has 0 aliphatic carbocycles. The summed E-state index contributed by atoms with van der Waals surface area (Å²) in [5, 5.41) is 18.0. The normalized spacial score (nSPS) is 8.82. The van der Waals surface area contributed by atoms with Crippen LogP contribution in [0.1, 0.15) is 12.8 Å². The van der Waals surface area contributed by atoms with Gasteiger partial charge >= 0.3 is 29.6 Å². The van der Waals surface area contributed by atoms with Gasteiger partial charge in [-0.1, -0.05) is 0 Å². The summed E-state index contributed by atoms with van der Waals surface area (Å²) in [4.78, 5) is 9.82. The summed E-state index contributed by atoms with van der Waals surface area (Å²) in [5.74, 6) is -1.06. The zero-order valence-corrected chi connectivity index (χ0v) is 8.71. The number of ether oxygens (including phenoxy) is 1. The summed E-state index contributed by atoms with van der Waals surface area (Å²) in [7, 11) is 0. The van der Waals surface area contributed by atoms with Crippen molar-refractivity contribution in [3.63, 3.8) is 0 Å². The molecule has 0 aromatic rings.